The van der Waals surface area contributed by atoms with Gasteiger partial charge in [-0.15, -0.1) is 0 Å². The van der Waals surface area contributed by atoms with Gasteiger partial charge in [-0.2, -0.15) is 8.42 Å². The highest BCUT2D eigenvalue weighted by Gasteiger charge is 2.48. The van der Waals surface area contributed by atoms with Crippen LogP contribution in [0.3, 0.4) is 0 Å². The second-order valence-electron chi connectivity index (χ2n) is 22.7. The quantitative estimate of drug-likeness (QED) is 0.0193. The third kappa shape index (κ3) is 44.3. The number of nitrogens with one attached hydrogen (secondary N) is 1. The van der Waals surface area contributed by atoms with E-state index >= 15 is 0 Å². The number of hydrogen-bond acceptors (Lipinski definition) is 10. The highest BCUT2D eigenvalue weighted by Crippen LogP contribution is 2.26. The van der Waals surface area contributed by atoms with Gasteiger partial charge < -0.3 is 35.2 Å². The summed E-state index contributed by atoms with van der Waals surface area (Å²) in [6.07, 6.45) is 55.9. The van der Waals surface area contributed by atoms with Gasteiger partial charge in [0.25, 0.3) is 0 Å². The van der Waals surface area contributed by atoms with Crippen LogP contribution in [-0.2, 0) is 28.9 Å². The van der Waals surface area contributed by atoms with Crippen molar-refractivity contribution in [3.63, 3.8) is 0 Å². The topological polar surface area (TPSA) is 192 Å². The molecule has 0 bridgehead atoms. The molecule has 0 radical (unpaired) electrons. The van der Waals surface area contributed by atoms with E-state index in [0.717, 1.165) is 51.4 Å². The van der Waals surface area contributed by atoms with Gasteiger partial charge in [-0.25, -0.2) is 4.18 Å². The molecular formula is C62H121NO11S. The third-order valence-corrected chi connectivity index (χ3v) is 16.0. The zero-order valence-corrected chi connectivity index (χ0v) is 49.5. The minimum absolute atomic E-state index is 0.227. The fraction of sp³-hybridized carbons (Fsp3) is 0.952. The standard InChI is InChI=1S/C62H121NO11S/c1-3-5-7-9-11-13-14-15-16-17-18-19-20-21-22-23-24-25-26-27-28-29-30-31-32-33-34-35-36-37-38-39-40-41-42-44-46-48-50-52-58(66)63-55(56(65)51-49-47-45-43-12-10-8-6-4-2)54-72-62-60(68)61(74-75(69,70)71)59(67)57(53-64)73-62/h27-28,55-57,59-62,64-65,67-68H,3-26,29-54H2,1-2H3,(H,63,66)(H,69,70,71)/b28-27-. The predicted octanol–water partition coefficient (Wildman–Crippen LogP) is 15.8. The largest absolute Gasteiger partial charge is 0.397 e. The normalized spacial score (nSPS) is 19.1. The number of aliphatic hydroxyl groups excluding tert-OH is 4. The van der Waals surface area contributed by atoms with Crippen LogP contribution in [0.2, 0.25) is 0 Å². The Hall–Kier alpha value is -1.16. The number of hydrogen-bond donors (Lipinski definition) is 6. The van der Waals surface area contributed by atoms with Crippen molar-refractivity contribution in [1.29, 1.82) is 0 Å². The van der Waals surface area contributed by atoms with E-state index in [-0.39, 0.29) is 12.5 Å². The highest BCUT2D eigenvalue weighted by atomic mass is 32.3. The molecule has 7 unspecified atom stereocenters. The minimum Gasteiger partial charge on any atom is -0.394 e. The van der Waals surface area contributed by atoms with Crippen molar-refractivity contribution >= 4 is 16.3 Å². The summed E-state index contributed by atoms with van der Waals surface area (Å²) in [6, 6.07) is -0.853. The Kier molecular flexibility index (Phi) is 50.0. The molecule has 1 fully saturated rings. The number of carbonyl (C=O) groups is 1. The minimum atomic E-state index is -5.07. The smallest absolute Gasteiger partial charge is 0.394 e. The summed E-state index contributed by atoms with van der Waals surface area (Å²) in [7, 11) is -5.07. The molecule has 1 aliphatic heterocycles. The molecule has 1 rings (SSSR count). The lowest BCUT2D eigenvalue weighted by Gasteiger charge is -2.41. The van der Waals surface area contributed by atoms with Crippen molar-refractivity contribution in [2.75, 3.05) is 13.2 Å². The Labute approximate surface area is 461 Å². The summed E-state index contributed by atoms with van der Waals surface area (Å²) < 4.78 is 47.8. The summed E-state index contributed by atoms with van der Waals surface area (Å²) in [4.78, 5) is 13.1. The van der Waals surface area contributed by atoms with E-state index in [1.807, 2.05) is 0 Å². The van der Waals surface area contributed by atoms with Crippen LogP contribution in [0.1, 0.15) is 322 Å². The van der Waals surface area contributed by atoms with Crippen LogP contribution in [0.25, 0.3) is 0 Å². The van der Waals surface area contributed by atoms with Crippen LogP contribution < -0.4 is 5.32 Å². The first kappa shape index (κ1) is 71.9. The van der Waals surface area contributed by atoms with Crippen molar-refractivity contribution in [1.82, 2.24) is 5.32 Å². The van der Waals surface area contributed by atoms with Crippen LogP contribution in [0.5, 0.6) is 0 Å². The molecule has 0 spiro atoms. The number of carbonyl (C=O) groups excluding carboxylic acids is 1. The van der Waals surface area contributed by atoms with Gasteiger partial charge in [0.15, 0.2) is 6.29 Å². The highest BCUT2D eigenvalue weighted by molar-refractivity contribution is 7.80. The number of amides is 1. The number of ether oxygens (including phenoxy) is 2. The molecule has 1 heterocycles. The van der Waals surface area contributed by atoms with E-state index in [9.17, 15) is 38.2 Å². The van der Waals surface area contributed by atoms with Gasteiger partial charge in [-0.1, -0.05) is 289 Å². The number of unbranched alkanes of at least 4 members (excludes halogenated alkanes) is 43. The molecule has 1 aliphatic rings. The zero-order chi connectivity index (χ0) is 54.7. The van der Waals surface area contributed by atoms with Crippen molar-refractivity contribution in [3.05, 3.63) is 12.2 Å². The number of allylic oxidation sites excluding steroid dienone is 2. The average molecular weight is 1090 g/mol. The predicted molar refractivity (Wildman–Crippen MR) is 310 cm³/mol. The fourth-order valence-corrected chi connectivity index (χ4v) is 11.1. The molecule has 6 N–H and O–H groups in total. The van der Waals surface area contributed by atoms with Gasteiger partial charge in [0.1, 0.15) is 24.4 Å². The van der Waals surface area contributed by atoms with Crippen molar-refractivity contribution in [2.45, 2.75) is 365 Å². The second kappa shape index (κ2) is 52.2. The number of rotatable bonds is 57. The molecule has 7 atom stereocenters. The molecule has 0 aromatic heterocycles. The Morgan fingerprint density at radius 1 is 0.520 bits per heavy atom. The first-order valence-corrected chi connectivity index (χ1v) is 33.4. The van der Waals surface area contributed by atoms with Crippen molar-refractivity contribution in [2.24, 2.45) is 0 Å². The Morgan fingerprint density at radius 2 is 0.853 bits per heavy atom. The van der Waals surface area contributed by atoms with Gasteiger partial charge >= 0.3 is 10.4 Å². The van der Waals surface area contributed by atoms with E-state index in [0.29, 0.717) is 12.8 Å². The van der Waals surface area contributed by atoms with Gasteiger partial charge in [-0.3, -0.25) is 9.35 Å². The summed E-state index contributed by atoms with van der Waals surface area (Å²) in [5.74, 6) is -0.227. The van der Waals surface area contributed by atoms with E-state index in [4.69, 9.17) is 9.47 Å². The van der Waals surface area contributed by atoms with Gasteiger partial charge in [0, 0.05) is 6.42 Å². The van der Waals surface area contributed by atoms with Gasteiger partial charge in [0.05, 0.1) is 25.4 Å². The maximum Gasteiger partial charge on any atom is 0.397 e. The maximum atomic E-state index is 13.1. The lowest BCUT2D eigenvalue weighted by Crippen LogP contribution is -2.61. The van der Waals surface area contributed by atoms with E-state index in [1.165, 1.54) is 244 Å². The summed E-state index contributed by atoms with van der Waals surface area (Å²) in [5.41, 5.74) is 0. The molecule has 1 saturated heterocycles. The number of aliphatic hydroxyl groups is 4. The molecule has 0 aromatic carbocycles. The fourth-order valence-electron chi connectivity index (χ4n) is 10.6. The van der Waals surface area contributed by atoms with Crippen LogP contribution >= 0.6 is 0 Å². The third-order valence-electron chi connectivity index (χ3n) is 15.6. The molecule has 0 aromatic rings. The molecule has 446 valence electrons. The summed E-state index contributed by atoms with van der Waals surface area (Å²) >= 11 is 0. The first-order chi connectivity index (χ1) is 36.5. The van der Waals surface area contributed by atoms with Crippen LogP contribution in [-0.4, -0.2) is 95.4 Å². The SMILES string of the molecule is CCCCCCCCCCCCCCCCCCCC/C=C\CCCCCCCCCCCCCCCCCCCC(=O)NC(COC1OC(CO)C(O)C(OS(=O)(=O)O)C1O)C(O)CCCCCCCCCCC. The molecule has 75 heavy (non-hydrogen) atoms. The molecule has 1 amide bonds. The maximum absolute atomic E-state index is 13.1. The van der Waals surface area contributed by atoms with Gasteiger partial charge in [-0.05, 0) is 38.5 Å². The van der Waals surface area contributed by atoms with E-state index in [2.05, 4.69) is 35.5 Å². The lowest BCUT2D eigenvalue weighted by molar-refractivity contribution is -0.298. The summed E-state index contributed by atoms with van der Waals surface area (Å²) in [6.45, 7) is 3.45. The Morgan fingerprint density at radius 3 is 1.20 bits per heavy atom. The molecule has 12 nitrogen and oxygen atoms in total. The average Bonchev–Trinajstić information content (AvgIpc) is 3.39. The van der Waals surface area contributed by atoms with Crippen LogP contribution in [0.4, 0.5) is 0 Å². The first-order valence-electron chi connectivity index (χ1n) is 32.1. The van der Waals surface area contributed by atoms with Gasteiger partial charge in [0.2, 0.25) is 5.91 Å². The molecule has 0 aliphatic carbocycles. The van der Waals surface area contributed by atoms with E-state index in [1.54, 1.807) is 0 Å². The van der Waals surface area contributed by atoms with Crippen molar-refractivity contribution < 1.29 is 51.8 Å². The van der Waals surface area contributed by atoms with E-state index < -0.39 is 59.9 Å². The zero-order valence-electron chi connectivity index (χ0n) is 48.6. The monoisotopic (exact) mass is 1090 g/mol. The molecule has 0 saturated carbocycles. The summed E-state index contributed by atoms with van der Waals surface area (Å²) in [5, 5.41) is 44.9. The van der Waals surface area contributed by atoms with Crippen LogP contribution in [0, 0.1) is 0 Å². The molecule has 13 heteroatoms. The molecular weight excluding hydrogens is 967 g/mol. The van der Waals surface area contributed by atoms with Crippen LogP contribution in [0.15, 0.2) is 12.2 Å². The Bertz CT molecular complexity index is 1370. The second-order valence-corrected chi connectivity index (χ2v) is 23.8. The van der Waals surface area contributed by atoms with Crippen molar-refractivity contribution in [3.8, 4) is 0 Å². The Balaban J connectivity index is 2.07. The lowest BCUT2D eigenvalue weighted by atomic mass is 9.99.